The van der Waals surface area contributed by atoms with E-state index in [0.29, 0.717) is 30.5 Å². The van der Waals surface area contributed by atoms with Crippen LogP contribution >= 0.6 is 0 Å². The third-order valence-corrected chi connectivity index (χ3v) is 4.10. The van der Waals surface area contributed by atoms with Gasteiger partial charge in [-0.1, -0.05) is 0 Å². The maximum atomic E-state index is 12.3. The summed E-state index contributed by atoms with van der Waals surface area (Å²) in [6, 6.07) is 3.39. The zero-order valence-electron chi connectivity index (χ0n) is 12.9. The predicted molar refractivity (Wildman–Crippen MR) is 82.7 cm³/mol. The Morgan fingerprint density at radius 3 is 2.86 bits per heavy atom. The first-order chi connectivity index (χ1) is 10.6. The Hall–Kier alpha value is -2.28. The molecule has 0 unspecified atom stereocenters. The van der Waals surface area contributed by atoms with Gasteiger partial charge in [0, 0.05) is 25.9 Å². The molecule has 7 nitrogen and oxygen atoms in total. The molecule has 0 radical (unpaired) electrons. The van der Waals surface area contributed by atoms with E-state index in [4.69, 9.17) is 4.74 Å². The maximum Gasteiger partial charge on any atom is 0.255 e. The van der Waals surface area contributed by atoms with E-state index in [1.54, 1.807) is 23.9 Å². The van der Waals surface area contributed by atoms with E-state index in [9.17, 15) is 4.79 Å². The van der Waals surface area contributed by atoms with Crippen molar-refractivity contribution in [3.8, 4) is 11.4 Å². The summed E-state index contributed by atoms with van der Waals surface area (Å²) in [5.74, 6) is 0.642. The lowest BCUT2D eigenvalue weighted by atomic mass is 10.1. The summed E-state index contributed by atoms with van der Waals surface area (Å²) in [7, 11) is 1.74. The highest BCUT2D eigenvalue weighted by Crippen LogP contribution is 2.22. The molecule has 3 rings (SSSR count). The predicted octanol–water partition coefficient (Wildman–Crippen LogP) is 0.851. The summed E-state index contributed by atoms with van der Waals surface area (Å²) in [5, 5.41) is 0. The molecule has 0 bridgehead atoms. The van der Waals surface area contributed by atoms with Crippen molar-refractivity contribution in [1.29, 1.82) is 0 Å². The van der Waals surface area contributed by atoms with Crippen molar-refractivity contribution in [2.45, 2.75) is 26.0 Å². The minimum absolute atomic E-state index is 0.0911. The van der Waals surface area contributed by atoms with Crippen LogP contribution in [0.15, 0.2) is 29.5 Å². The monoisotopic (exact) mass is 301 g/mol. The molecule has 1 saturated heterocycles. The number of ether oxygens (including phenoxy) is 1. The average molecular weight is 301 g/mol. The first-order valence-electron chi connectivity index (χ1n) is 7.30. The van der Waals surface area contributed by atoms with Crippen LogP contribution in [0.25, 0.3) is 11.4 Å². The van der Waals surface area contributed by atoms with Gasteiger partial charge in [0.1, 0.15) is 6.33 Å². The largest absolute Gasteiger partial charge is 0.375 e. The fourth-order valence-electron chi connectivity index (χ4n) is 2.57. The lowest BCUT2D eigenvalue weighted by Gasteiger charge is -2.39. The van der Waals surface area contributed by atoms with Crippen LogP contribution in [0.2, 0.25) is 0 Å². The Kier molecular flexibility index (Phi) is 3.89. The number of hydrogen-bond donors (Lipinski definition) is 0. The van der Waals surface area contributed by atoms with Gasteiger partial charge in [0.25, 0.3) is 5.56 Å². The molecular formula is C15H19N5O2. The quantitative estimate of drug-likeness (QED) is 0.819. The molecule has 22 heavy (non-hydrogen) atoms. The van der Waals surface area contributed by atoms with Crippen LogP contribution in [-0.4, -0.2) is 44.8 Å². The minimum Gasteiger partial charge on any atom is -0.375 e. The molecule has 2 aromatic heterocycles. The highest BCUT2D eigenvalue weighted by atomic mass is 16.5. The van der Waals surface area contributed by atoms with Crippen LogP contribution < -0.4 is 10.5 Å². The van der Waals surface area contributed by atoms with Gasteiger partial charge in [-0.3, -0.25) is 9.36 Å². The zero-order chi connectivity index (χ0) is 15.7. The second-order valence-electron chi connectivity index (χ2n) is 5.44. The van der Waals surface area contributed by atoms with Gasteiger partial charge in [-0.2, -0.15) is 0 Å². The highest BCUT2D eigenvalue weighted by molar-refractivity contribution is 5.55. The van der Waals surface area contributed by atoms with E-state index in [1.165, 1.54) is 12.4 Å². The van der Waals surface area contributed by atoms with E-state index >= 15 is 0 Å². The van der Waals surface area contributed by atoms with Gasteiger partial charge in [-0.05, 0) is 19.9 Å². The Morgan fingerprint density at radius 1 is 1.32 bits per heavy atom. The SMILES string of the molecule is C[C@@H]1OCCN(c2nc(-c3ccncn3)cc(=O)n2C)[C@H]1C. The number of aromatic nitrogens is 4. The molecule has 2 aromatic rings. The molecule has 1 aliphatic heterocycles. The fraction of sp³-hybridized carbons (Fsp3) is 0.467. The van der Waals surface area contributed by atoms with Gasteiger partial charge < -0.3 is 9.64 Å². The molecule has 0 spiro atoms. The summed E-state index contributed by atoms with van der Waals surface area (Å²) in [6.07, 6.45) is 3.18. The summed E-state index contributed by atoms with van der Waals surface area (Å²) in [5.41, 5.74) is 1.10. The highest BCUT2D eigenvalue weighted by Gasteiger charge is 2.28. The van der Waals surface area contributed by atoms with Crippen LogP contribution in [0, 0.1) is 0 Å². The van der Waals surface area contributed by atoms with Crippen molar-refractivity contribution in [3.63, 3.8) is 0 Å². The first-order valence-corrected chi connectivity index (χ1v) is 7.30. The Morgan fingerprint density at radius 2 is 2.14 bits per heavy atom. The molecule has 116 valence electrons. The molecule has 0 amide bonds. The van der Waals surface area contributed by atoms with Gasteiger partial charge in [0.05, 0.1) is 30.1 Å². The van der Waals surface area contributed by atoms with Crippen molar-refractivity contribution >= 4 is 5.95 Å². The molecule has 1 fully saturated rings. The lowest BCUT2D eigenvalue weighted by Crippen LogP contribution is -2.50. The third-order valence-electron chi connectivity index (χ3n) is 4.10. The van der Waals surface area contributed by atoms with Gasteiger partial charge >= 0.3 is 0 Å². The van der Waals surface area contributed by atoms with E-state index in [0.717, 1.165) is 0 Å². The standard InChI is InChI=1S/C15H19N5O2/c1-10-11(2)22-7-6-20(10)15-18-13(8-14(21)19(15)3)12-4-5-16-9-17-12/h4-5,8-11H,6-7H2,1-3H3/t10-,11-/m0/s1. The zero-order valence-corrected chi connectivity index (χ0v) is 12.9. The molecule has 7 heteroatoms. The molecule has 3 heterocycles. The molecule has 0 saturated carbocycles. The van der Waals surface area contributed by atoms with Gasteiger partial charge in [0.2, 0.25) is 5.95 Å². The van der Waals surface area contributed by atoms with Crippen molar-refractivity contribution in [2.24, 2.45) is 7.05 Å². The van der Waals surface area contributed by atoms with E-state index in [1.807, 2.05) is 6.92 Å². The van der Waals surface area contributed by atoms with Crippen molar-refractivity contribution in [2.75, 3.05) is 18.1 Å². The minimum atomic E-state index is -0.107. The van der Waals surface area contributed by atoms with E-state index in [2.05, 4.69) is 26.8 Å². The molecular weight excluding hydrogens is 282 g/mol. The van der Waals surface area contributed by atoms with Gasteiger partial charge in [0.15, 0.2) is 0 Å². The molecule has 2 atom stereocenters. The van der Waals surface area contributed by atoms with E-state index in [-0.39, 0.29) is 17.7 Å². The number of morpholine rings is 1. The third kappa shape index (κ3) is 2.59. The Bertz CT molecular complexity index is 716. The lowest BCUT2D eigenvalue weighted by molar-refractivity contribution is 0.0274. The van der Waals surface area contributed by atoms with Crippen LogP contribution in [0.1, 0.15) is 13.8 Å². The maximum absolute atomic E-state index is 12.3. The van der Waals surface area contributed by atoms with Crippen LogP contribution in [0.4, 0.5) is 5.95 Å². The second-order valence-corrected chi connectivity index (χ2v) is 5.44. The van der Waals surface area contributed by atoms with Crippen LogP contribution in [0.5, 0.6) is 0 Å². The molecule has 0 N–H and O–H groups in total. The fourth-order valence-corrected chi connectivity index (χ4v) is 2.57. The smallest absolute Gasteiger partial charge is 0.255 e. The summed E-state index contributed by atoms with van der Waals surface area (Å²) in [4.78, 5) is 27.1. The second kappa shape index (κ2) is 5.84. The number of anilines is 1. The normalized spacial score (nSPS) is 21.9. The average Bonchev–Trinajstić information content (AvgIpc) is 2.54. The summed E-state index contributed by atoms with van der Waals surface area (Å²) >= 11 is 0. The van der Waals surface area contributed by atoms with Crippen molar-refractivity contribution in [1.82, 2.24) is 19.5 Å². The first kappa shape index (κ1) is 14.6. The van der Waals surface area contributed by atoms with E-state index < -0.39 is 0 Å². The Labute approximate surface area is 128 Å². The summed E-state index contributed by atoms with van der Waals surface area (Å²) in [6.45, 7) is 5.44. The number of nitrogens with zero attached hydrogens (tertiary/aromatic N) is 5. The van der Waals surface area contributed by atoms with Crippen molar-refractivity contribution < 1.29 is 4.74 Å². The van der Waals surface area contributed by atoms with Gasteiger partial charge in [-0.15, -0.1) is 0 Å². The number of rotatable bonds is 2. The topological polar surface area (TPSA) is 73.1 Å². The summed E-state index contributed by atoms with van der Waals surface area (Å²) < 4.78 is 7.22. The van der Waals surface area contributed by atoms with Gasteiger partial charge in [-0.25, -0.2) is 15.0 Å². The van der Waals surface area contributed by atoms with Crippen molar-refractivity contribution in [3.05, 3.63) is 35.0 Å². The number of hydrogen-bond acceptors (Lipinski definition) is 6. The molecule has 0 aromatic carbocycles. The molecule has 0 aliphatic carbocycles. The Balaban J connectivity index is 2.08. The van der Waals surface area contributed by atoms with Crippen LogP contribution in [0.3, 0.4) is 0 Å². The van der Waals surface area contributed by atoms with Crippen LogP contribution in [-0.2, 0) is 11.8 Å². The molecule has 1 aliphatic rings.